The molecule has 6 nitrogen and oxygen atoms in total. The van der Waals surface area contributed by atoms with Crippen LogP contribution in [0.4, 0.5) is 10.5 Å². The van der Waals surface area contributed by atoms with Gasteiger partial charge in [0.25, 0.3) is 0 Å². The quantitative estimate of drug-likeness (QED) is 0.668. The van der Waals surface area contributed by atoms with Crippen molar-refractivity contribution in [1.82, 2.24) is 10.6 Å². The third kappa shape index (κ3) is 6.33. The third-order valence-corrected chi connectivity index (χ3v) is 4.15. The number of rotatable bonds is 8. The second-order valence-electron chi connectivity index (χ2n) is 6.54. The Kier molecular flexibility index (Phi) is 7.67. The molecule has 3 amide bonds. The van der Waals surface area contributed by atoms with Crippen LogP contribution in [0.1, 0.15) is 19.4 Å². The number of carbonyl (C=O) groups excluding carboxylic acids is 2. The van der Waals surface area contributed by atoms with Crippen molar-refractivity contribution >= 4 is 17.6 Å². The van der Waals surface area contributed by atoms with Gasteiger partial charge in [-0.2, -0.15) is 0 Å². The van der Waals surface area contributed by atoms with Gasteiger partial charge in [-0.25, -0.2) is 4.79 Å². The number of amides is 3. The number of para-hydroxylation sites is 2. The number of ether oxygens (including phenoxy) is 1. The summed E-state index contributed by atoms with van der Waals surface area (Å²) in [5, 5.41) is 8.38. The molecule has 0 aliphatic heterocycles. The molecule has 0 unspecified atom stereocenters. The Morgan fingerprint density at radius 1 is 1.00 bits per heavy atom. The molecule has 0 aromatic heterocycles. The molecular weight excluding hydrogens is 342 g/mol. The van der Waals surface area contributed by atoms with Crippen molar-refractivity contribution < 1.29 is 14.3 Å². The summed E-state index contributed by atoms with van der Waals surface area (Å²) in [6.45, 7) is 4.25. The molecule has 0 bridgehead atoms. The first-order valence-corrected chi connectivity index (χ1v) is 9.03. The van der Waals surface area contributed by atoms with Crippen molar-refractivity contribution in [3.63, 3.8) is 0 Å². The molecule has 0 saturated carbocycles. The number of methoxy groups -OCH3 is 1. The lowest BCUT2D eigenvalue weighted by Gasteiger charge is -2.22. The Labute approximate surface area is 160 Å². The molecule has 0 fully saturated rings. The second-order valence-corrected chi connectivity index (χ2v) is 6.54. The lowest BCUT2D eigenvalue weighted by Crippen LogP contribution is -2.51. The summed E-state index contributed by atoms with van der Waals surface area (Å²) in [5.41, 5.74) is 1.70. The van der Waals surface area contributed by atoms with Crippen LogP contribution in [0.5, 0.6) is 5.75 Å². The van der Waals surface area contributed by atoms with E-state index in [9.17, 15) is 9.59 Å². The maximum atomic E-state index is 12.5. The van der Waals surface area contributed by atoms with Gasteiger partial charge in [0.2, 0.25) is 5.91 Å². The monoisotopic (exact) mass is 369 g/mol. The van der Waals surface area contributed by atoms with Gasteiger partial charge >= 0.3 is 6.03 Å². The van der Waals surface area contributed by atoms with Crippen LogP contribution in [-0.2, 0) is 11.2 Å². The molecule has 144 valence electrons. The average Bonchev–Trinajstić information content (AvgIpc) is 2.67. The third-order valence-electron chi connectivity index (χ3n) is 4.15. The van der Waals surface area contributed by atoms with Crippen molar-refractivity contribution in [2.75, 3.05) is 19.0 Å². The standard InChI is InChI=1S/C21H27N3O3/c1-15(2)19(24-21(26)23-17-10-5-4-6-11-17)20(25)22-14-13-16-9-7-8-12-18(16)27-3/h4-12,15,19H,13-14H2,1-3H3,(H,22,25)(H2,23,24,26)/t19-/m1/s1. The number of hydrogen-bond acceptors (Lipinski definition) is 3. The molecule has 2 aromatic rings. The maximum Gasteiger partial charge on any atom is 0.319 e. The number of hydrogen-bond donors (Lipinski definition) is 3. The first-order valence-electron chi connectivity index (χ1n) is 9.03. The Bertz CT molecular complexity index is 747. The minimum absolute atomic E-state index is 0.0437. The zero-order valence-electron chi connectivity index (χ0n) is 16.0. The molecule has 27 heavy (non-hydrogen) atoms. The van der Waals surface area contributed by atoms with E-state index in [4.69, 9.17) is 4.74 Å². The van der Waals surface area contributed by atoms with Crippen molar-refractivity contribution in [1.29, 1.82) is 0 Å². The lowest BCUT2D eigenvalue weighted by atomic mass is 10.0. The van der Waals surface area contributed by atoms with Crippen LogP contribution < -0.4 is 20.7 Å². The molecule has 0 radical (unpaired) electrons. The normalized spacial score (nSPS) is 11.6. The van der Waals surface area contributed by atoms with E-state index < -0.39 is 12.1 Å². The highest BCUT2D eigenvalue weighted by atomic mass is 16.5. The second kappa shape index (κ2) is 10.2. The highest BCUT2D eigenvalue weighted by Crippen LogP contribution is 2.17. The molecule has 0 aliphatic carbocycles. The van der Waals surface area contributed by atoms with Crippen LogP contribution in [0.2, 0.25) is 0 Å². The lowest BCUT2D eigenvalue weighted by molar-refractivity contribution is -0.123. The van der Waals surface area contributed by atoms with E-state index in [1.54, 1.807) is 19.2 Å². The minimum atomic E-state index is -0.619. The molecule has 2 aromatic carbocycles. The van der Waals surface area contributed by atoms with Gasteiger partial charge < -0.3 is 20.7 Å². The minimum Gasteiger partial charge on any atom is -0.496 e. The van der Waals surface area contributed by atoms with Gasteiger partial charge in [0.1, 0.15) is 11.8 Å². The number of anilines is 1. The predicted molar refractivity (Wildman–Crippen MR) is 107 cm³/mol. The van der Waals surface area contributed by atoms with Crippen LogP contribution in [0, 0.1) is 5.92 Å². The van der Waals surface area contributed by atoms with Crippen molar-refractivity contribution in [3.8, 4) is 5.75 Å². The van der Waals surface area contributed by atoms with E-state index in [1.807, 2.05) is 56.3 Å². The fourth-order valence-corrected chi connectivity index (χ4v) is 2.70. The van der Waals surface area contributed by atoms with Gasteiger partial charge in [-0.3, -0.25) is 4.79 Å². The van der Waals surface area contributed by atoms with Crippen LogP contribution in [-0.4, -0.2) is 31.6 Å². The fourth-order valence-electron chi connectivity index (χ4n) is 2.70. The fraction of sp³-hybridized carbons (Fsp3) is 0.333. The van der Waals surface area contributed by atoms with Crippen LogP contribution in [0.3, 0.4) is 0 Å². The highest BCUT2D eigenvalue weighted by Gasteiger charge is 2.24. The van der Waals surface area contributed by atoms with Gasteiger partial charge in [0.05, 0.1) is 7.11 Å². The summed E-state index contributed by atoms with van der Waals surface area (Å²) in [6.07, 6.45) is 0.650. The maximum absolute atomic E-state index is 12.5. The topological polar surface area (TPSA) is 79.5 Å². The molecule has 1 atom stereocenters. The van der Waals surface area contributed by atoms with Crippen molar-refractivity contribution in [3.05, 3.63) is 60.2 Å². The summed E-state index contributed by atoms with van der Waals surface area (Å²) in [6, 6.07) is 15.8. The van der Waals surface area contributed by atoms with Gasteiger partial charge in [-0.1, -0.05) is 50.2 Å². The molecule has 3 N–H and O–H groups in total. The van der Waals surface area contributed by atoms with Crippen LogP contribution in [0.15, 0.2) is 54.6 Å². The zero-order valence-corrected chi connectivity index (χ0v) is 16.0. The molecule has 0 heterocycles. The van der Waals surface area contributed by atoms with E-state index in [0.29, 0.717) is 18.7 Å². The van der Waals surface area contributed by atoms with Crippen molar-refractivity contribution in [2.45, 2.75) is 26.3 Å². The molecule has 2 rings (SSSR count). The number of urea groups is 1. The summed E-state index contributed by atoms with van der Waals surface area (Å²) in [4.78, 5) is 24.7. The van der Waals surface area contributed by atoms with E-state index >= 15 is 0 Å². The summed E-state index contributed by atoms with van der Waals surface area (Å²) in [5.74, 6) is 0.549. The van der Waals surface area contributed by atoms with Crippen molar-refractivity contribution in [2.24, 2.45) is 5.92 Å². The van der Waals surface area contributed by atoms with E-state index in [-0.39, 0.29) is 11.8 Å². The Morgan fingerprint density at radius 2 is 1.67 bits per heavy atom. The summed E-state index contributed by atoms with van der Waals surface area (Å²) >= 11 is 0. The molecular formula is C21H27N3O3. The molecule has 6 heteroatoms. The Morgan fingerprint density at radius 3 is 2.33 bits per heavy atom. The molecule has 0 aliphatic rings. The van der Waals surface area contributed by atoms with E-state index in [2.05, 4.69) is 16.0 Å². The summed E-state index contributed by atoms with van der Waals surface area (Å²) < 4.78 is 5.32. The van der Waals surface area contributed by atoms with Gasteiger partial charge in [-0.15, -0.1) is 0 Å². The largest absolute Gasteiger partial charge is 0.496 e. The average molecular weight is 369 g/mol. The van der Waals surface area contributed by atoms with Gasteiger partial charge in [-0.05, 0) is 36.1 Å². The first kappa shape index (κ1) is 20.3. The van der Waals surface area contributed by atoms with Crippen LogP contribution >= 0.6 is 0 Å². The Hall–Kier alpha value is -3.02. The van der Waals surface area contributed by atoms with E-state index in [0.717, 1.165) is 11.3 Å². The smallest absolute Gasteiger partial charge is 0.319 e. The first-order chi connectivity index (χ1) is 13.0. The van der Waals surface area contributed by atoms with Gasteiger partial charge in [0.15, 0.2) is 0 Å². The summed E-state index contributed by atoms with van der Waals surface area (Å²) in [7, 11) is 1.63. The van der Waals surface area contributed by atoms with Gasteiger partial charge in [0, 0.05) is 12.2 Å². The van der Waals surface area contributed by atoms with E-state index in [1.165, 1.54) is 0 Å². The highest BCUT2D eigenvalue weighted by molar-refractivity contribution is 5.93. The van der Waals surface area contributed by atoms with Crippen LogP contribution in [0.25, 0.3) is 0 Å². The SMILES string of the molecule is COc1ccccc1CCNC(=O)[C@H](NC(=O)Nc1ccccc1)C(C)C. The number of benzene rings is 2. The number of nitrogens with one attached hydrogen (secondary N) is 3. The predicted octanol–water partition coefficient (Wildman–Crippen LogP) is 3.20. The number of carbonyl (C=O) groups is 2. The molecule has 0 saturated heterocycles. The molecule has 0 spiro atoms. The Balaban J connectivity index is 1.87. The zero-order chi connectivity index (χ0) is 19.6.